The van der Waals surface area contributed by atoms with Gasteiger partial charge in [0, 0.05) is 14.2 Å². The fraction of sp³-hybridized carbons (Fsp3) is 0.500. The highest BCUT2D eigenvalue weighted by Gasteiger charge is 2.22. The molecule has 0 aliphatic rings. The van der Waals surface area contributed by atoms with E-state index in [0.717, 1.165) is 0 Å². The monoisotopic (exact) mass is 283 g/mol. The molecule has 1 atom stereocenters. The fourth-order valence-electron chi connectivity index (χ4n) is 1.92. The Balaban J connectivity index is 2.92. The number of amides is 1. The molecule has 0 aliphatic carbocycles. The van der Waals surface area contributed by atoms with Crippen LogP contribution in [0.3, 0.4) is 0 Å². The van der Waals surface area contributed by atoms with Crippen molar-refractivity contribution in [2.24, 2.45) is 0 Å². The highest BCUT2D eigenvalue weighted by atomic mass is 16.7. The Morgan fingerprint density at radius 2 is 1.75 bits per heavy atom. The van der Waals surface area contributed by atoms with Gasteiger partial charge in [-0.25, -0.2) is 0 Å². The van der Waals surface area contributed by atoms with Crippen molar-refractivity contribution >= 4 is 5.91 Å². The second-order valence-electron chi connectivity index (χ2n) is 4.14. The van der Waals surface area contributed by atoms with Crippen molar-refractivity contribution in [1.29, 1.82) is 0 Å². The highest BCUT2D eigenvalue weighted by molar-refractivity contribution is 5.98. The lowest BCUT2D eigenvalue weighted by Crippen LogP contribution is -2.43. The molecular formula is C14H21NO5. The van der Waals surface area contributed by atoms with Crippen LogP contribution in [0.2, 0.25) is 0 Å². The Hall–Kier alpha value is -1.79. The Labute approximate surface area is 119 Å². The first-order valence-electron chi connectivity index (χ1n) is 6.16. The van der Waals surface area contributed by atoms with Gasteiger partial charge in [-0.15, -0.1) is 0 Å². The number of carbonyl (C=O) groups is 1. The summed E-state index contributed by atoms with van der Waals surface area (Å²) in [5.41, 5.74) is 0.393. The maximum absolute atomic E-state index is 12.3. The van der Waals surface area contributed by atoms with Gasteiger partial charge in [0.2, 0.25) is 0 Å². The van der Waals surface area contributed by atoms with Gasteiger partial charge in [0.05, 0.1) is 25.8 Å². The van der Waals surface area contributed by atoms with Gasteiger partial charge in [-0.05, 0) is 19.1 Å². The summed E-state index contributed by atoms with van der Waals surface area (Å²) in [4.78, 5) is 12.3. The summed E-state index contributed by atoms with van der Waals surface area (Å²) >= 11 is 0. The summed E-state index contributed by atoms with van der Waals surface area (Å²) in [6.45, 7) is 1.79. The van der Waals surface area contributed by atoms with Crippen LogP contribution >= 0.6 is 0 Å². The topological polar surface area (TPSA) is 66.0 Å². The minimum absolute atomic E-state index is 0.285. The largest absolute Gasteiger partial charge is 0.493 e. The molecule has 20 heavy (non-hydrogen) atoms. The molecular weight excluding hydrogens is 262 g/mol. The third-order valence-electron chi connectivity index (χ3n) is 2.88. The average Bonchev–Trinajstić information content (AvgIpc) is 2.47. The van der Waals surface area contributed by atoms with E-state index >= 15 is 0 Å². The first kappa shape index (κ1) is 16.3. The Morgan fingerprint density at radius 3 is 2.25 bits per heavy atom. The van der Waals surface area contributed by atoms with E-state index in [9.17, 15) is 4.79 Å². The maximum atomic E-state index is 12.3. The number of ether oxygens (including phenoxy) is 4. The van der Waals surface area contributed by atoms with Crippen molar-refractivity contribution in [1.82, 2.24) is 5.32 Å². The van der Waals surface area contributed by atoms with Crippen molar-refractivity contribution < 1.29 is 23.7 Å². The molecule has 0 aliphatic heterocycles. The van der Waals surface area contributed by atoms with Gasteiger partial charge in [-0.2, -0.15) is 0 Å². The molecule has 6 heteroatoms. The molecule has 112 valence electrons. The van der Waals surface area contributed by atoms with Gasteiger partial charge in [0.25, 0.3) is 5.91 Å². The van der Waals surface area contributed by atoms with Gasteiger partial charge < -0.3 is 24.3 Å². The summed E-state index contributed by atoms with van der Waals surface area (Å²) in [5, 5.41) is 2.80. The molecule has 0 heterocycles. The third kappa shape index (κ3) is 3.61. The minimum atomic E-state index is -0.518. The van der Waals surface area contributed by atoms with E-state index in [1.54, 1.807) is 25.1 Å². The van der Waals surface area contributed by atoms with Crippen molar-refractivity contribution in [3.05, 3.63) is 23.8 Å². The van der Waals surface area contributed by atoms with Crippen molar-refractivity contribution in [2.45, 2.75) is 19.3 Å². The van der Waals surface area contributed by atoms with Crippen LogP contribution < -0.4 is 14.8 Å². The number of methoxy groups -OCH3 is 4. The first-order valence-corrected chi connectivity index (χ1v) is 6.16. The number of carbonyl (C=O) groups excluding carboxylic acids is 1. The molecule has 1 N–H and O–H groups in total. The van der Waals surface area contributed by atoms with Crippen molar-refractivity contribution in [3.63, 3.8) is 0 Å². The van der Waals surface area contributed by atoms with Gasteiger partial charge in [-0.3, -0.25) is 4.79 Å². The summed E-state index contributed by atoms with van der Waals surface area (Å²) in [6.07, 6.45) is -0.518. The second kappa shape index (κ2) is 7.72. The molecule has 1 aromatic rings. The zero-order chi connectivity index (χ0) is 15.1. The molecule has 0 spiro atoms. The number of rotatable bonds is 7. The molecule has 0 bridgehead atoms. The molecule has 6 nitrogen and oxygen atoms in total. The Morgan fingerprint density at radius 1 is 1.10 bits per heavy atom. The molecule has 1 amide bonds. The predicted molar refractivity (Wildman–Crippen MR) is 74.3 cm³/mol. The number of hydrogen-bond donors (Lipinski definition) is 1. The third-order valence-corrected chi connectivity index (χ3v) is 2.88. The molecule has 0 radical (unpaired) electrons. The van der Waals surface area contributed by atoms with Gasteiger partial charge >= 0.3 is 0 Å². The molecule has 0 saturated heterocycles. The summed E-state index contributed by atoms with van der Waals surface area (Å²) in [7, 11) is 6.05. The molecule has 1 rings (SSSR count). The van der Waals surface area contributed by atoms with Crippen LogP contribution in [-0.4, -0.2) is 46.7 Å². The number of para-hydroxylation sites is 1. The Kier molecular flexibility index (Phi) is 6.27. The second-order valence-corrected chi connectivity index (χ2v) is 4.14. The highest BCUT2D eigenvalue weighted by Crippen LogP contribution is 2.30. The Bertz CT molecular complexity index is 445. The van der Waals surface area contributed by atoms with Crippen LogP contribution in [0.1, 0.15) is 17.3 Å². The van der Waals surface area contributed by atoms with E-state index in [1.165, 1.54) is 28.4 Å². The van der Waals surface area contributed by atoms with Crippen LogP contribution in [0.5, 0.6) is 11.5 Å². The first-order chi connectivity index (χ1) is 9.58. The van der Waals surface area contributed by atoms with Gasteiger partial charge in [0.15, 0.2) is 17.8 Å². The lowest BCUT2D eigenvalue weighted by atomic mass is 10.1. The SMILES string of the molecule is COc1cccc(C(=O)NC(C)C(OC)OC)c1OC. The van der Waals surface area contributed by atoms with E-state index in [2.05, 4.69) is 5.32 Å². The quantitative estimate of drug-likeness (QED) is 0.767. The molecule has 1 aromatic carbocycles. The molecule has 0 fully saturated rings. The van der Waals surface area contributed by atoms with E-state index in [4.69, 9.17) is 18.9 Å². The standard InChI is InChI=1S/C14H21NO5/c1-9(14(19-4)20-5)15-13(16)10-7-6-8-11(17-2)12(10)18-3/h6-9,14H,1-5H3,(H,15,16). The number of nitrogens with one attached hydrogen (secondary N) is 1. The van der Waals surface area contributed by atoms with Gasteiger partial charge in [-0.1, -0.05) is 6.07 Å². The number of benzene rings is 1. The smallest absolute Gasteiger partial charge is 0.255 e. The lowest BCUT2D eigenvalue weighted by molar-refractivity contribution is -0.117. The van der Waals surface area contributed by atoms with Crippen molar-refractivity contribution in [3.8, 4) is 11.5 Å². The van der Waals surface area contributed by atoms with Crippen LogP contribution in [-0.2, 0) is 9.47 Å². The average molecular weight is 283 g/mol. The predicted octanol–water partition coefficient (Wildman–Crippen LogP) is 1.44. The van der Waals surface area contributed by atoms with E-state index in [1.807, 2.05) is 0 Å². The zero-order valence-corrected chi connectivity index (χ0v) is 12.4. The van der Waals surface area contributed by atoms with E-state index in [0.29, 0.717) is 17.1 Å². The van der Waals surface area contributed by atoms with Crippen LogP contribution in [0.4, 0.5) is 0 Å². The zero-order valence-electron chi connectivity index (χ0n) is 12.4. The van der Waals surface area contributed by atoms with Crippen LogP contribution in [0.15, 0.2) is 18.2 Å². The van der Waals surface area contributed by atoms with E-state index < -0.39 is 6.29 Å². The fourth-order valence-corrected chi connectivity index (χ4v) is 1.92. The maximum Gasteiger partial charge on any atom is 0.255 e. The van der Waals surface area contributed by atoms with Crippen LogP contribution in [0.25, 0.3) is 0 Å². The normalized spacial score (nSPS) is 12.1. The molecule has 0 saturated carbocycles. The molecule has 0 aromatic heterocycles. The van der Waals surface area contributed by atoms with E-state index in [-0.39, 0.29) is 11.9 Å². The number of hydrogen-bond acceptors (Lipinski definition) is 5. The molecule has 1 unspecified atom stereocenters. The summed E-state index contributed by atoms with van der Waals surface area (Å²) in [6, 6.07) is 4.81. The lowest BCUT2D eigenvalue weighted by Gasteiger charge is -2.22. The minimum Gasteiger partial charge on any atom is -0.493 e. The van der Waals surface area contributed by atoms with Crippen LogP contribution in [0, 0.1) is 0 Å². The summed E-state index contributed by atoms with van der Waals surface area (Å²) in [5.74, 6) is 0.612. The summed E-state index contributed by atoms with van der Waals surface area (Å²) < 4.78 is 20.6. The van der Waals surface area contributed by atoms with Gasteiger partial charge in [0.1, 0.15) is 0 Å². The van der Waals surface area contributed by atoms with Crippen molar-refractivity contribution in [2.75, 3.05) is 28.4 Å².